The molecule has 0 saturated heterocycles. The minimum atomic E-state index is -0.365. The highest BCUT2D eigenvalue weighted by atomic mass is 16.5. The summed E-state index contributed by atoms with van der Waals surface area (Å²) in [6, 6.07) is 6.66. The lowest BCUT2D eigenvalue weighted by Crippen LogP contribution is -2.06. The number of esters is 1. The van der Waals surface area contributed by atoms with E-state index in [1.165, 1.54) is 6.33 Å². The number of phenolic OH excluding ortho intramolecular Hbond substituents is 1. The maximum atomic E-state index is 12.2. The summed E-state index contributed by atoms with van der Waals surface area (Å²) in [6.45, 7) is 4.06. The molecule has 7 nitrogen and oxygen atoms in total. The van der Waals surface area contributed by atoms with E-state index in [4.69, 9.17) is 4.74 Å². The van der Waals surface area contributed by atoms with Gasteiger partial charge in [0.25, 0.3) is 0 Å². The third-order valence-electron chi connectivity index (χ3n) is 3.66. The molecular formula is C17H18N4O3. The van der Waals surface area contributed by atoms with Crippen LogP contribution in [-0.4, -0.2) is 32.3 Å². The Morgan fingerprint density at radius 3 is 2.71 bits per heavy atom. The third-order valence-corrected chi connectivity index (χ3v) is 3.66. The van der Waals surface area contributed by atoms with Crippen LogP contribution in [0.25, 0.3) is 5.52 Å². The fourth-order valence-corrected chi connectivity index (χ4v) is 2.59. The lowest BCUT2D eigenvalue weighted by atomic mass is 10.1. The SMILES string of the molecule is CCOC(=O)c1cn2ncnc(Nc3ccc(O)cc3)c2c1CC. The number of benzene rings is 1. The second-order valence-corrected chi connectivity index (χ2v) is 5.17. The van der Waals surface area contributed by atoms with Crippen LogP contribution in [0.3, 0.4) is 0 Å². The number of hydrogen-bond acceptors (Lipinski definition) is 6. The van der Waals surface area contributed by atoms with Gasteiger partial charge in [-0.05, 0) is 43.2 Å². The quantitative estimate of drug-likeness (QED) is 0.553. The monoisotopic (exact) mass is 326 g/mol. The molecule has 0 spiro atoms. The number of rotatable bonds is 5. The van der Waals surface area contributed by atoms with Gasteiger partial charge in [-0.3, -0.25) is 0 Å². The zero-order chi connectivity index (χ0) is 17.1. The first-order valence-corrected chi connectivity index (χ1v) is 7.72. The summed E-state index contributed by atoms with van der Waals surface area (Å²) in [5.74, 6) is 0.411. The van der Waals surface area contributed by atoms with Crippen LogP contribution in [0.4, 0.5) is 11.5 Å². The van der Waals surface area contributed by atoms with E-state index in [2.05, 4.69) is 15.4 Å². The molecular weight excluding hydrogens is 308 g/mol. The predicted octanol–water partition coefficient (Wildman–Crippen LogP) is 2.92. The molecule has 0 bridgehead atoms. The highest BCUT2D eigenvalue weighted by molar-refractivity contribution is 5.95. The van der Waals surface area contributed by atoms with E-state index < -0.39 is 0 Å². The summed E-state index contributed by atoms with van der Waals surface area (Å²) in [7, 11) is 0. The van der Waals surface area contributed by atoms with Gasteiger partial charge in [-0.15, -0.1) is 0 Å². The zero-order valence-electron chi connectivity index (χ0n) is 13.5. The van der Waals surface area contributed by atoms with Crippen molar-refractivity contribution in [2.45, 2.75) is 20.3 Å². The molecule has 7 heteroatoms. The number of aromatic nitrogens is 3. The number of ether oxygens (including phenoxy) is 1. The van der Waals surface area contributed by atoms with Gasteiger partial charge >= 0.3 is 5.97 Å². The van der Waals surface area contributed by atoms with Crippen LogP contribution >= 0.6 is 0 Å². The second kappa shape index (κ2) is 6.57. The van der Waals surface area contributed by atoms with Crippen molar-refractivity contribution in [1.82, 2.24) is 14.6 Å². The molecule has 2 N–H and O–H groups in total. The van der Waals surface area contributed by atoms with Crippen LogP contribution in [0.1, 0.15) is 29.8 Å². The maximum Gasteiger partial charge on any atom is 0.340 e. The fraction of sp³-hybridized carbons (Fsp3) is 0.235. The Bertz CT molecular complexity index is 871. The van der Waals surface area contributed by atoms with E-state index in [0.29, 0.717) is 24.4 Å². The number of aryl methyl sites for hydroxylation is 1. The summed E-state index contributed by atoms with van der Waals surface area (Å²) in [5, 5.41) is 16.8. The molecule has 2 aromatic heterocycles. The van der Waals surface area contributed by atoms with Crippen LogP contribution in [0.15, 0.2) is 36.8 Å². The number of carbonyl (C=O) groups excluding carboxylic acids is 1. The van der Waals surface area contributed by atoms with Crippen molar-refractivity contribution in [3.8, 4) is 5.75 Å². The number of phenols is 1. The Balaban J connectivity index is 2.08. The Morgan fingerprint density at radius 1 is 1.29 bits per heavy atom. The zero-order valence-corrected chi connectivity index (χ0v) is 13.5. The van der Waals surface area contributed by atoms with Crippen molar-refractivity contribution in [3.63, 3.8) is 0 Å². The normalized spacial score (nSPS) is 10.8. The van der Waals surface area contributed by atoms with Crippen molar-refractivity contribution in [2.24, 2.45) is 0 Å². The van der Waals surface area contributed by atoms with Gasteiger partial charge < -0.3 is 15.2 Å². The van der Waals surface area contributed by atoms with E-state index in [1.807, 2.05) is 6.92 Å². The first-order valence-electron chi connectivity index (χ1n) is 7.72. The molecule has 0 fully saturated rings. The topological polar surface area (TPSA) is 88.8 Å². The molecule has 0 radical (unpaired) electrons. The second-order valence-electron chi connectivity index (χ2n) is 5.17. The summed E-state index contributed by atoms with van der Waals surface area (Å²) >= 11 is 0. The Kier molecular flexibility index (Phi) is 4.33. The highest BCUT2D eigenvalue weighted by Gasteiger charge is 2.20. The molecule has 3 aromatic rings. The molecule has 0 unspecified atom stereocenters. The Hall–Kier alpha value is -3.09. The number of aromatic hydroxyl groups is 1. The third kappa shape index (κ3) is 2.88. The molecule has 3 rings (SSSR count). The van der Waals surface area contributed by atoms with Crippen LogP contribution < -0.4 is 5.32 Å². The number of anilines is 2. The van der Waals surface area contributed by atoms with E-state index >= 15 is 0 Å². The standard InChI is InChI=1S/C17H18N4O3/c1-3-13-14(17(23)24-4-2)9-21-15(13)16(18-10-19-21)20-11-5-7-12(22)8-6-11/h5-10,22H,3-4H2,1-2H3,(H,18,19,20). The van der Waals surface area contributed by atoms with E-state index in [9.17, 15) is 9.90 Å². The average Bonchev–Trinajstić information content (AvgIpc) is 2.97. The van der Waals surface area contributed by atoms with Crippen molar-refractivity contribution in [3.05, 3.63) is 47.9 Å². The van der Waals surface area contributed by atoms with Gasteiger partial charge in [0.15, 0.2) is 5.82 Å². The molecule has 0 amide bonds. The highest BCUT2D eigenvalue weighted by Crippen LogP contribution is 2.27. The fourth-order valence-electron chi connectivity index (χ4n) is 2.59. The number of hydrogen-bond donors (Lipinski definition) is 2. The first-order chi connectivity index (χ1) is 11.6. The first kappa shape index (κ1) is 15.8. The summed E-state index contributed by atoms with van der Waals surface area (Å²) < 4.78 is 6.75. The van der Waals surface area contributed by atoms with Gasteiger partial charge in [0.2, 0.25) is 0 Å². The summed E-state index contributed by atoms with van der Waals surface area (Å²) in [5.41, 5.74) is 2.83. The van der Waals surface area contributed by atoms with E-state index in [-0.39, 0.29) is 11.7 Å². The minimum absolute atomic E-state index is 0.190. The molecule has 0 atom stereocenters. The molecule has 0 saturated carbocycles. The van der Waals surface area contributed by atoms with E-state index in [0.717, 1.165) is 16.8 Å². The number of fused-ring (bicyclic) bond motifs is 1. The largest absolute Gasteiger partial charge is 0.508 e. The minimum Gasteiger partial charge on any atom is -0.508 e. The molecule has 0 aliphatic rings. The van der Waals surface area contributed by atoms with Crippen molar-refractivity contribution < 1.29 is 14.6 Å². The average molecular weight is 326 g/mol. The molecule has 24 heavy (non-hydrogen) atoms. The maximum absolute atomic E-state index is 12.2. The molecule has 124 valence electrons. The van der Waals surface area contributed by atoms with Gasteiger partial charge in [-0.25, -0.2) is 14.3 Å². The summed E-state index contributed by atoms with van der Waals surface area (Å²) in [4.78, 5) is 16.5. The Labute approximate surface area is 138 Å². The van der Waals surface area contributed by atoms with Crippen LogP contribution in [0.2, 0.25) is 0 Å². The lowest BCUT2D eigenvalue weighted by Gasteiger charge is -2.08. The number of carbonyl (C=O) groups is 1. The molecule has 2 heterocycles. The van der Waals surface area contributed by atoms with Crippen LogP contribution in [0, 0.1) is 0 Å². The van der Waals surface area contributed by atoms with Crippen LogP contribution in [0.5, 0.6) is 5.75 Å². The predicted molar refractivity (Wildman–Crippen MR) is 89.7 cm³/mol. The van der Waals surface area contributed by atoms with Gasteiger partial charge in [0, 0.05) is 11.9 Å². The van der Waals surface area contributed by atoms with Gasteiger partial charge in [-0.1, -0.05) is 6.92 Å². The smallest absolute Gasteiger partial charge is 0.340 e. The summed E-state index contributed by atoms with van der Waals surface area (Å²) in [6.07, 6.45) is 3.72. The van der Waals surface area contributed by atoms with Crippen molar-refractivity contribution in [2.75, 3.05) is 11.9 Å². The van der Waals surface area contributed by atoms with Gasteiger partial charge in [0.05, 0.1) is 12.2 Å². The van der Waals surface area contributed by atoms with E-state index in [1.54, 1.807) is 41.9 Å². The van der Waals surface area contributed by atoms with Crippen molar-refractivity contribution in [1.29, 1.82) is 0 Å². The van der Waals surface area contributed by atoms with Crippen LogP contribution in [-0.2, 0) is 11.2 Å². The molecule has 0 aliphatic heterocycles. The number of nitrogens with one attached hydrogen (secondary N) is 1. The molecule has 0 aliphatic carbocycles. The number of nitrogens with zero attached hydrogens (tertiary/aromatic N) is 3. The molecule has 1 aromatic carbocycles. The van der Waals surface area contributed by atoms with Gasteiger partial charge in [-0.2, -0.15) is 5.10 Å². The van der Waals surface area contributed by atoms with Crippen molar-refractivity contribution >= 4 is 23.0 Å². The lowest BCUT2D eigenvalue weighted by molar-refractivity contribution is 0.0525. The van der Waals surface area contributed by atoms with Gasteiger partial charge in [0.1, 0.15) is 17.6 Å². The Morgan fingerprint density at radius 2 is 2.04 bits per heavy atom.